The van der Waals surface area contributed by atoms with Crippen LogP contribution in [-0.4, -0.2) is 31.5 Å². The van der Waals surface area contributed by atoms with Crippen molar-refractivity contribution in [3.63, 3.8) is 0 Å². The zero-order valence-electron chi connectivity index (χ0n) is 15.3. The zero-order valence-corrected chi connectivity index (χ0v) is 16.1. The zero-order chi connectivity index (χ0) is 19.6. The minimum atomic E-state index is -3.92. The highest BCUT2D eigenvalue weighted by atomic mass is 32.2. The number of aromatic nitrogens is 2. The normalized spacial score (nSPS) is 15.9. The van der Waals surface area contributed by atoms with Crippen molar-refractivity contribution in [2.75, 3.05) is 18.0 Å². The van der Waals surface area contributed by atoms with Crippen LogP contribution in [0.15, 0.2) is 59.5 Å². The number of piperidine rings is 1. The number of anilines is 1. The second-order valence-electron chi connectivity index (χ2n) is 6.84. The highest BCUT2D eigenvalue weighted by Gasteiger charge is 2.35. The van der Waals surface area contributed by atoms with Gasteiger partial charge in [-0.1, -0.05) is 30.3 Å². The molecule has 6 nitrogen and oxygen atoms in total. The van der Waals surface area contributed by atoms with Gasteiger partial charge in [-0.05, 0) is 43.5 Å². The third-order valence-corrected chi connectivity index (χ3v) is 6.86. The van der Waals surface area contributed by atoms with Gasteiger partial charge in [-0.15, -0.1) is 0 Å². The minimum absolute atomic E-state index is 0.112. The first-order chi connectivity index (χ1) is 13.6. The monoisotopic (exact) mass is 392 g/mol. The van der Waals surface area contributed by atoms with Crippen LogP contribution in [0.5, 0.6) is 0 Å². The van der Waals surface area contributed by atoms with Gasteiger partial charge in [-0.3, -0.25) is 0 Å². The summed E-state index contributed by atoms with van der Waals surface area (Å²) in [5.74, 6) is 0.504. The van der Waals surface area contributed by atoms with Crippen LogP contribution >= 0.6 is 0 Å². The number of sulfone groups is 1. The number of hydrogen-bond donors (Lipinski definition) is 0. The molecule has 0 bridgehead atoms. The average molecular weight is 392 g/mol. The van der Waals surface area contributed by atoms with Crippen molar-refractivity contribution in [2.24, 2.45) is 0 Å². The van der Waals surface area contributed by atoms with Crippen LogP contribution in [0, 0.1) is 11.3 Å². The van der Waals surface area contributed by atoms with Gasteiger partial charge in [0.1, 0.15) is 5.69 Å². The quantitative estimate of drug-likeness (QED) is 0.673. The Hall–Kier alpha value is -2.98. The summed E-state index contributed by atoms with van der Waals surface area (Å²) in [6.07, 6.45) is 3.16. The predicted octanol–water partition coefficient (Wildman–Crippen LogP) is 3.66. The summed E-state index contributed by atoms with van der Waals surface area (Å²) in [5.41, 5.74) is 1.49. The Balaban J connectivity index is 1.91. The maximum absolute atomic E-state index is 13.2. The van der Waals surface area contributed by atoms with Crippen molar-refractivity contribution < 1.29 is 8.42 Å². The number of hydrogen-bond acceptors (Lipinski definition) is 6. The van der Waals surface area contributed by atoms with E-state index in [2.05, 4.69) is 9.88 Å². The summed E-state index contributed by atoms with van der Waals surface area (Å²) in [6, 6.07) is 17.4. The molecule has 1 aliphatic rings. The van der Waals surface area contributed by atoms with Gasteiger partial charge in [-0.2, -0.15) is 5.26 Å². The van der Waals surface area contributed by atoms with E-state index in [1.54, 1.807) is 24.3 Å². The molecule has 0 amide bonds. The smallest absolute Gasteiger partial charge is 0.200 e. The molecule has 0 saturated carbocycles. The first-order valence-electron chi connectivity index (χ1n) is 9.31. The van der Waals surface area contributed by atoms with Gasteiger partial charge in [0.25, 0.3) is 0 Å². The SMILES string of the molecule is N#C[C@@H](c1nc2ccccc2nc1N1CCCCC1)S(=O)(=O)c1ccccc1. The lowest BCUT2D eigenvalue weighted by Gasteiger charge is -2.30. The molecular weight excluding hydrogens is 372 g/mol. The highest BCUT2D eigenvalue weighted by Crippen LogP contribution is 2.34. The molecule has 0 unspecified atom stereocenters. The Morgan fingerprint density at radius 1 is 0.893 bits per heavy atom. The maximum Gasteiger partial charge on any atom is 0.200 e. The largest absolute Gasteiger partial charge is 0.355 e. The third-order valence-electron chi connectivity index (χ3n) is 4.98. The lowest BCUT2D eigenvalue weighted by molar-refractivity contribution is 0.569. The number of para-hydroxylation sites is 2. The summed E-state index contributed by atoms with van der Waals surface area (Å²) in [6.45, 7) is 1.56. The molecule has 3 aromatic rings. The van der Waals surface area contributed by atoms with Crippen LogP contribution in [-0.2, 0) is 9.84 Å². The van der Waals surface area contributed by atoms with E-state index in [4.69, 9.17) is 4.98 Å². The van der Waals surface area contributed by atoms with Crippen molar-refractivity contribution in [2.45, 2.75) is 29.4 Å². The molecule has 28 heavy (non-hydrogen) atoms. The minimum Gasteiger partial charge on any atom is -0.355 e. The summed E-state index contributed by atoms with van der Waals surface area (Å²) < 4.78 is 26.5. The molecular formula is C21H20N4O2S. The molecule has 0 radical (unpaired) electrons. The van der Waals surface area contributed by atoms with E-state index >= 15 is 0 Å². The number of fused-ring (bicyclic) bond motifs is 1. The first kappa shape index (κ1) is 18.4. The van der Waals surface area contributed by atoms with Crippen LogP contribution in [0.2, 0.25) is 0 Å². The molecule has 7 heteroatoms. The molecule has 4 rings (SSSR count). The maximum atomic E-state index is 13.2. The Bertz CT molecular complexity index is 1130. The van der Waals surface area contributed by atoms with Crippen LogP contribution in [0.4, 0.5) is 5.82 Å². The second-order valence-corrected chi connectivity index (χ2v) is 8.87. The number of nitriles is 1. The third kappa shape index (κ3) is 3.32. The Morgan fingerprint density at radius 3 is 2.14 bits per heavy atom. The molecule has 1 aromatic heterocycles. The van der Waals surface area contributed by atoms with Gasteiger partial charge < -0.3 is 4.90 Å². The van der Waals surface area contributed by atoms with Crippen LogP contribution in [0.3, 0.4) is 0 Å². The first-order valence-corrected chi connectivity index (χ1v) is 10.9. The standard InChI is InChI=1S/C21H20N4O2S/c22-15-19(28(26,27)16-9-3-1-4-10-16)20-21(25-13-7-2-8-14-25)24-18-12-6-5-11-17(18)23-20/h1,3-6,9-12,19H,2,7-8,13-14H2/t19-/m0/s1. The molecule has 1 saturated heterocycles. The fourth-order valence-corrected chi connectivity index (χ4v) is 4.94. The summed E-state index contributed by atoms with van der Waals surface area (Å²) in [4.78, 5) is 11.5. The summed E-state index contributed by atoms with van der Waals surface area (Å²) in [5, 5.41) is 8.44. The molecule has 0 N–H and O–H groups in total. The highest BCUT2D eigenvalue weighted by molar-refractivity contribution is 7.92. The van der Waals surface area contributed by atoms with Crippen LogP contribution < -0.4 is 4.90 Å². The van der Waals surface area contributed by atoms with E-state index in [0.29, 0.717) is 16.9 Å². The molecule has 1 aliphatic heterocycles. The van der Waals surface area contributed by atoms with Gasteiger partial charge in [0, 0.05) is 13.1 Å². The fourth-order valence-electron chi connectivity index (χ4n) is 3.54. The van der Waals surface area contributed by atoms with Gasteiger partial charge >= 0.3 is 0 Å². The lowest BCUT2D eigenvalue weighted by Crippen LogP contribution is -2.32. The number of nitrogens with zero attached hydrogens (tertiary/aromatic N) is 4. The lowest BCUT2D eigenvalue weighted by atomic mass is 10.1. The van der Waals surface area contributed by atoms with Crippen molar-refractivity contribution in [3.8, 4) is 6.07 Å². The molecule has 2 heterocycles. The van der Waals surface area contributed by atoms with E-state index in [0.717, 1.165) is 32.4 Å². The van der Waals surface area contributed by atoms with Crippen LogP contribution in [0.1, 0.15) is 30.2 Å². The van der Waals surface area contributed by atoms with Crippen LogP contribution in [0.25, 0.3) is 11.0 Å². The van der Waals surface area contributed by atoms with Crippen molar-refractivity contribution in [3.05, 3.63) is 60.3 Å². The van der Waals surface area contributed by atoms with Gasteiger partial charge in [0.15, 0.2) is 11.1 Å². The Labute approximate surface area is 164 Å². The molecule has 1 fully saturated rings. The van der Waals surface area contributed by atoms with Crippen molar-refractivity contribution in [1.82, 2.24) is 9.97 Å². The molecule has 2 aromatic carbocycles. The summed E-state index contributed by atoms with van der Waals surface area (Å²) >= 11 is 0. The van der Waals surface area contributed by atoms with Gasteiger partial charge in [-0.25, -0.2) is 18.4 Å². The average Bonchev–Trinajstić information content (AvgIpc) is 2.75. The van der Waals surface area contributed by atoms with Gasteiger partial charge in [0.2, 0.25) is 9.84 Å². The topological polar surface area (TPSA) is 86.9 Å². The van der Waals surface area contributed by atoms with E-state index in [1.807, 2.05) is 24.3 Å². The van der Waals surface area contributed by atoms with E-state index < -0.39 is 15.1 Å². The molecule has 0 spiro atoms. The second kappa shape index (κ2) is 7.56. The molecule has 1 atom stereocenters. The number of rotatable bonds is 4. The summed E-state index contributed by atoms with van der Waals surface area (Å²) in [7, 11) is -3.92. The van der Waals surface area contributed by atoms with E-state index in [-0.39, 0.29) is 10.6 Å². The van der Waals surface area contributed by atoms with Crippen molar-refractivity contribution >= 4 is 26.7 Å². The fraction of sp³-hybridized carbons (Fsp3) is 0.286. The van der Waals surface area contributed by atoms with Gasteiger partial charge in [0.05, 0.1) is 22.0 Å². The Kier molecular flexibility index (Phi) is 4.97. The van der Waals surface area contributed by atoms with E-state index in [1.165, 1.54) is 12.1 Å². The predicted molar refractivity (Wildman–Crippen MR) is 108 cm³/mol. The number of benzene rings is 2. The molecule has 0 aliphatic carbocycles. The van der Waals surface area contributed by atoms with Crippen molar-refractivity contribution in [1.29, 1.82) is 5.26 Å². The molecule has 142 valence electrons. The van der Waals surface area contributed by atoms with E-state index in [9.17, 15) is 13.7 Å². The Morgan fingerprint density at radius 2 is 1.50 bits per heavy atom.